The number of hydrogen-bond donors (Lipinski definition) is 0. The highest BCUT2D eigenvalue weighted by atomic mass is 16.2. The second-order valence-electron chi connectivity index (χ2n) is 10.0. The molecule has 0 fully saturated rings. The number of carbonyl (C=O) groups is 4. The summed E-state index contributed by atoms with van der Waals surface area (Å²) >= 11 is 0. The molecular formula is C40H20O4. The summed E-state index contributed by atoms with van der Waals surface area (Å²) in [5.74, 6) is 15.6. The zero-order valence-corrected chi connectivity index (χ0v) is 23.2. The molecule has 0 aliphatic heterocycles. The van der Waals surface area contributed by atoms with Gasteiger partial charge in [0.1, 0.15) is 0 Å². The normalized spacial score (nSPS) is 13.8. The zero-order chi connectivity index (χ0) is 30.5. The molecule has 2 aliphatic carbocycles. The number of allylic oxidation sites excluding steroid dienone is 3. The molecule has 0 unspecified atom stereocenters. The first-order chi connectivity index (χ1) is 21.4. The third kappa shape index (κ3) is 6.21. The number of benzene rings is 4. The van der Waals surface area contributed by atoms with Crippen molar-refractivity contribution in [2.24, 2.45) is 0 Å². The number of hydrogen-bond acceptors (Lipinski definition) is 4. The van der Waals surface area contributed by atoms with Gasteiger partial charge in [0.15, 0.2) is 0 Å². The van der Waals surface area contributed by atoms with Crippen LogP contribution >= 0.6 is 0 Å². The fraction of sp³-hybridized carbons (Fsp3) is 0.0250. The largest absolute Gasteiger partial charge is 0.285 e. The molecule has 2 aliphatic rings. The molecule has 4 nitrogen and oxygen atoms in total. The Morgan fingerprint density at radius 2 is 0.818 bits per heavy atom. The summed E-state index contributed by atoms with van der Waals surface area (Å²) in [7, 11) is 0. The number of fused-ring (bicyclic) bond motifs is 8. The summed E-state index contributed by atoms with van der Waals surface area (Å²) in [6, 6.07) is 27.0. The van der Waals surface area contributed by atoms with Crippen molar-refractivity contribution in [3.63, 3.8) is 0 Å². The van der Waals surface area contributed by atoms with Crippen molar-refractivity contribution in [3.8, 4) is 35.5 Å². The fourth-order valence-electron chi connectivity index (χ4n) is 4.62. The van der Waals surface area contributed by atoms with Crippen LogP contribution in [-0.2, 0) is 4.79 Å². The van der Waals surface area contributed by atoms with Crippen molar-refractivity contribution in [2.45, 2.75) is 6.42 Å². The molecule has 0 heterocycles. The summed E-state index contributed by atoms with van der Waals surface area (Å²) in [6.07, 6.45) is 3.84. The average molecular weight is 565 g/mol. The van der Waals surface area contributed by atoms with Gasteiger partial charge in [-0.25, -0.2) is 0 Å². The molecule has 0 spiro atoms. The number of rotatable bonds is 0. The van der Waals surface area contributed by atoms with Crippen LogP contribution in [0.3, 0.4) is 0 Å². The Balaban J connectivity index is 1.46. The van der Waals surface area contributed by atoms with Gasteiger partial charge < -0.3 is 0 Å². The maximum absolute atomic E-state index is 13.1. The van der Waals surface area contributed by atoms with E-state index in [1.54, 1.807) is 84.9 Å². The topological polar surface area (TPSA) is 68.3 Å². The van der Waals surface area contributed by atoms with Crippen molar-refractivity contribution >= 4 is 23.1 Å². The lowest BCUT2D eigenvalue weighted by Gasteiger charge is -2.05. The number of Topliss-reactive ketones (excluding diaryl/α,β-unsaturated/α-hetero) is 4. The van der Waals surface area contributed by atoms with Gasteiger partial charge in [0.05, 0.1) is 11.1 Å². The van der Waals surface area contributed by atoms with Gasteiger partial charge in [-0.15, -0.1) is 0 Å². The first-order valence-electron chi connectivity index (χ1n) is 13.7. The maximum atomic E-state index is 13.1. The molecule has 0 radical (unpaired) electrons. The van der Waals surface area contributed by atoms with E-state index in [2.05, 4.69) is 41.3 Å². The van der Waals surface area contributed by atoms with Gasteiger partial charge in [-0.3, -0.25) is 19.2 Å². The summed E-state index contributed by atoms with van der Waals surface area (Å²) in [5.41, 5.74) is 7.42. The first kappa shape index (κ1) is 27.7. The quantitative estimate of drug-likeness (QED) is 0.148. The van der Waals surface area contributed by atoms with Crippen LogP contribution in [0.2, 0.25) is 0 Å². The minimum Gasteiger partial charge on any atom is -0.285 e. The monoisotopic (exact) mass is 564 g/mol. The van der Waals surface area contributed by atoms with Crippen LogP contribution in [0.1, 0.15) is 65.3 Å². The molecule has 4 aromatic carbocycles. The van der Waals surface area contributed by atoms with Gasteiger partial charge in [0.25, 0.3) is 0 Å². The van der Waals surface area contributed by atoms with Crippen LogP contribution in [0.5, 0.6) is 0 Å². The van der Waals surface area contributed by atoms with Crippen LogP contribution in [0.15, 0.2) is 126 Å². The standard InChI is InChI=1S/C40H20O4/c41-37-33-12-2-8-29(23-33)18-16-27-6-1-7-28(22-27)17-19-30-9-3-13-34(24-30)38(42)40(44)36-15-5-11-32(26-36)21-20-31-10-4-14-35(25-31)39(37)43/h1-12,14-15,22-23,25-26H,13H2. The van der Waals surface area contributed by atoms with E-state index < -0.39 is 23.1 Å². The van der Waals surface area contributed by atoms with Gasteiger partial charge in [0, 0.05) is 50.9 Å². The summed E-state index contributed by atoms with van der Waals surface area (Å²) in [4.78, 5) is 52.5. The van der Waals surface area contributed by atoms with Gasteiger partial charge in [-0.05, 0) is 60.7 Å². The summed E-state index contributed by atoms with van der Waals surface area (Å²) < 4.78 is 0. The van der Waals surface area contributed by atoms with E-state index in [1.807, 2.05) is 24.3 Å². The van der Waals surface area contributed by atoms with Crippen molar-refractivity contribution in [1.29, 1.82) is 0 Å². The van der Waals surface area contributed by atoms with E-state index in [-0.39, 0.29) is 28.7 Å². The molecule has 0 amide bonds. The fourth-order valence-corrected chi connectivity index (χ4v) is 4.62. The van der Waals surface area contributed by atoms with Crippen LogP contribution in [0, 0.1) is 35.5 Å². The average Bonchev–Trinajstić information content (AvgIpc) is 3.08. The Hall–Kier alpha value is -6.50. The number of ketones is 4. The van der Waals surface area contributed by atoms with Crippen molar-refractivity contribution in [3.05, 3.63) is 171 Å². The highest BCUT2D eigenvalue weighted by Crippen LogP contribution is 2.17. The minimum atomic E-state index is -0.662. The van der Waals surface area contributed by atoms with Gasteiger partial charge in [0.2, 0.25) is 23.1 Å². The third-order valence-electron chi connectivity index (χ3n) is 6.86. The molecule has 10 bridgehead atoms. The van der Waals surface area contributed by atoms with E-state index in [0.717, 1.165) is 0 Å². The highest BCUT2D eigenvalue weighted by molar-refractivity contribution is 6.49. The van der Waals surface area contributed by atoms with Crippen LogP contribution in [0.25, 0.3) is 0 Å². The van der Waals surface area contributed by atoms with Crippen LogP contribution in [0.4, 0.5) is 0 Å². The predicted molar refractivity (Wildman–Crippen MR) is 167 cm³/mol. The van der Waals surface area contributed by atoms with E-state index in [1.165, 1.54) is 0 Å². The van der Waals surface area contributed by atoms with Gasteiger partial charge in [-0.1, -0.05) is 89.8 Å². The summed E-state index contributed by atoms with van der Waals surface area (Å²) in [5, 5.41) is 0. The molecule has 0 aromatic heterocycles. The van der Waals surface area contributed by atoms with E-state index in [0.29, 0.717) is 33.4 Å². The second kappa shape index (κ2) is 12.2. The van der Waals surface area contributed by atoms with E-state index in [4.69, 9.17) is 0 Å². The van der Waals surface area contributed by atoms with Gasteiger partial charge in [-0.2, -0.15) is 0 Å². The van der Waals surface area contributed by atoms with Crippen molar-refractivity contribution in [2.75, 3.05) is 0 Å². The Labute approximate surface area is 254 Å². The Bertz CT molecular complexity index is 2220. The Kier molecular flexibility index (Phi) is 7.65. The first-order valence-corrected chi connectivity index (χ1v) is 13.7. The molecular weight excluding hydrogens is 544 g/mol. The molecule has 204 valence electrons. The van der Waals surface area contributed by atoms with E-state index >= 15 is 0 Å². The third-order valence-corrected chi connectivity index (χ3v) is 6.86. The Morgan fingerprint density at radius 3 is 1.30 bits per heavy atom. The van der Waals surface area contributed by atoms with Crippen LogP contribution in [-0.4, -0.2) is 23.1 Å². The number of carbonyl (C=O) groups excluding carboxylic acids is 4. The Morgan fingerprint density at radius 1 is 0.432 bits per heavy atom. The summed E-state index contributed by atoms with van der Waals surface area (Å²) in [6.45, 7) is 0. The predicted octanol–water partition coefficient (Wildman–Crippen LogP) is 6.08. The smallest absolute Gasteiger partial charge is 0.237 e. The lowest BCUT2D eigenvalue weighted by Crippen LogP contribution is -2.16. The minimum absolute atomic E-state index is 0.207. The van der Waals surface area contributed by atoms with Crippen molar-refractivity contribution < 1.29 is 19.2 Å². The molecule has 0 saturated heterocycles. The van der Waals surface area contributed by atoms with E-state index in [9.17, 15) is 19.2 Å². The highest BCUT2D eigenvalue weighted by Gasteiger charge is 2.21. The molecule has 0 atom stereocenters. The van der Waals surface area contributed by atoms with Gasteiger partial charge >= 0.3 is 0 Å². The molecule has 44 heavy (non-hydrogen) atoms. The van der Waals surface area contributed by atoms with Crippen molar-refractivity contribution in [1.82, 2.24) is 0 Å². The molecule has 4 aromatic rings. The molecule has 4 heteroatoms. The molecule has 6 rings (SSSR count). The second-order valence-corrected chi connectivity index (χ2v) is 10.0. The van der Waals surface area contributed by atoms with Crippen LogP contribution < -0.4 is 0 Å². The lowest BCUT2D eigenvalue weighted by molar-refractivity contribution is -0.111. The lowest BCUT2D eigenvalue weighted by atomic mass is 9.95. The maximum Gasteiger partial charge on any atom is 0.237 e. The zero-order valence-electron chi connectivity index (χ0n) is 23.2. The molecule has 0 saturated carbocycles. The SMILES string of the molecule is O=C1C(=O)c2cccc(c2)C#Cc2cccc(c2)C(=O)C(=O)c2cccc(c2)C#Cc2cccc(c2)C#CC2=C=C1CC=C2. The molecule has 0 N–H and O–H groups in total.